The summed E-state index contributed by atoms with van der Waals surface area (Å²) in [4.78, 5) is 0. The molecule has 1 atom stereocenters. The van der Waals surface area contributed by atoms with E-state index in [0.29, 0.717) is 12.4 Å². The van der Waals surface area contributed by atoms with Gasteiger partial charge in [-0.05, 0) is 36.8 Å². The molecule has 106 valence electrons. The van der Waals surface area contributed by atoms with Crippen molar-refractivity contribution in [2.75, 3.05) is 7.11 Å². The van der Waals surface area contributed by atoms with Crippen molar-refractivity contribution in [1.82, 2.24) is 0 Å². The maximum Gasteiger partial charge on any atom is 0.132 e. The summed E-state index contributed by atoms with van der Waals surface area (Å²) < 4.78 is 24.3. The van der Waals surface area contributed by atoms with Crippen LogP contribution in [-0.4, -0.2) is 12.2 Å². The number of hydrogen-bond donors (Lipinski definition) is 1. The highest BCUT2D eigenvalue weighted by Gasteiger charge is 2.09. The van der Waals surface area contributed by atoms with Crippen LogP contribution in [0, 0.1) is 5.82 Å². The van der Waals surface area contributed by atoms with E-state index in [2.05, 4.69) is 0 Å². The lowest BCUT2D eigenvalue weighted by Crippen LogP contribution is -1.99. The Balaban J connectivity index is 2.01. The zero-order valence-corrected chi connectivity index (χ0v) is 11.5. The molecule has 0 bridgehead atoms. The Labute approximate surface area is 117 Å². The lowest BCUT2D eigenvalue weighted by atomic mass is 10.1. The lowest BCUT2D eigenvalue weighted by Gasteiger charge is -2.10. The summed E-state index contributed by atoms with van der Waals surface area (Å²) in [5.74, 6) is 0.746. The molecule has 0 saturated heterocycles. The van der Waals surface area contributed by atoms with E-state index < -0.39 is 11.9 Å². The molecule has 0 aliphatic carbocycles. The van der Waals surface area contributed by atoms with Crippen molar-refractivity contribution in [3.63, 3.8) is 0 Å². The monoisotopic (exact) mass is 276 g/mol. The molecule has 1 N–H and O–H groups in total. The first kappa shape index (κ1) is 14.3. The fourth-order valence-electron chi connectivity index (χ4n) is 1.82. The molecule has 2 rings (SSSR count). The highest BCUT2D eigenvalue weighted by Crippen LogP contribution is 2.22. The molecule has 0 aliphatic rings. The normalized spacial score (nSPS) is 12.0. The van der Waals surface area contributed by atoms with E-state index in [4.69, 9.17) is 9.47 Å². The summed E-state index contributed by atoms with van der Waals surface area (Å²) in [5.41, 5.74) is 1.23. The Morgan fingerprint density at radius 3 is 2.30 bits per heavy atom. The summed E-state index contributed by atoms with van der Waals surface area (Å²) in [6.07, 6.45) is -0.828. The molecular weight excluding hydrogens is 259 g/mol. The van der Waals surface area contributed by atoms with Crippen LogP contribution in [0.15, 0.2) is 42.5 Å². The van der Waals surface area contributed by atoms with Crippen LogP contribution < -0.4 is 9.47 Å². The summed E-state index contributed by atoms with van der Waals surface area (Å²) >= 11 is 0. The minimum Gasteiger partial charge on any atom is -0.497 e. The van der Waals surface area contributed by atoms with Gasteiger partial charge >= 0.3 is 0 Å². The van der Waals surface area contributed by atoms with E-state index >= 15 is 0 Å². The molecule has 2 aromatic carbocycles. The summed E-state index contributed by atoms with van der Waals surface area (Å²) in [6.45, 7) is 1.87. The quantitative estimate of drug-likeness (QED) is 0.908. The van der Waals surface area contributed by atoms with E-state index in [1.807, 2.05) is 24.3 Å². The molecule has 2 aromatic rings. The van der Waals surface area contributed by atoms with Crippen molar-refractivity contribution in [2.24, 2.45) is 0 Å². The highest BCUT2D eigenvalue weighted by molar-refractivity contribution is 5.31. The van der Waals surface area contributed by atoms with Gasteiger partial charge in [0, 0.05) is 11.6 Å². The van der Waals surface area contributed by atoms with Crippen LogP contribution in [0.1, 0.15) is 24.2 Å². The molecule has 0 aliphatic heterocycles. The van der Waals surface area contributed by atoms with Crippen LogP contribution in [0.2, 0.25) is 0 Å². The third-order valence-corrected chi connectivity index (χ3v) is 2.99. The van der Waals surface area contributed by atoms with Crippen molar-refractivity contribution in [3.05, 3.63) is 59.4 Å². The highest BCUT2D eigenvalue weighted by atomic mass is 19.1. The molecule has 0 spiro atoms. The average Bonchev–Trinajstić information content (AvgIpc) is 2.45. The lowest BCUT2D eigenvalue weighted by molar-refractivity contribution is 0.194. The summed E-state index contributed by atoms with van der Waals surface area (Å²) in [6, 6.07) is 11.9. The number of methoxy groups -OCH3 is 1. The molecule has 0 radical (unpaired) electrons. The second-order valence-corrected chi connectivity index (χ2v) is 4.50. The van der Waals surface area contributed by atoms with E-state index in [9.17, 15) is 9.50 Å². The molecule has 0 aromatic heterocycles. The zero-order chi connectivity index (χ0) is 14.5. The first-order chi connectivity index (χ1) is 9.60. The van der Waals surface area contributed by atoms with Crippen LogP contribution >= 0.6 is 0 Å². The summed E-state index contributed by atoms with van der Waals surface area (Å²) in [7, 11) is 1.61. The minimum absolute atomic E-state index is 0.266. The second kappa shape index (κ2) is 6.39. The molecular formula is C16H17FO3. The predicted octanol–water partition coefficient (Wildman–Crippen LogP) is 3.47. The van der Waals surface area contributed by atoms with Crippen LogP contribution in [0.3, 0.4) is 0 Å². The van der Waals surface area contributed by atoms with Crippen molar-refractivity contribution in [1.29, 1.82) is 0 Å². The van der Waals surface area contributed by atoms with E-state index in [0.717, 1.165) is 11.3 Å². The number of aliphatic hydroxyl groups excluding tert-OH is 1. The first-order valence-corrected chi connectivity index (χ1v) is 6.33. The van der Waals surface area contributed by atoms with Gasteiger partial charge in [-0.1, -0.05) is 12.1 Å². The number of aliphatic hydroxyl groups is 1. The smallest absolute Gasteiger partial charge is 0.132 e. The number of benzene rings is 2. The molecule has 0 amide bonds. The third-order valence-electron chi connectivity index (χ3n) is 2.99. The molecule has 0 heterocycles. The van der Waals surface area contributed by atoms with Crippen molar-refractivity contribution in [2.45, 2.75) is 19.6 Å². The largest absolute Gasteiger partial charge is 0.497 e. The van der Waals surface area contributed by atoms with E-state index in [-0.39, 0.29) is 5.56 Å². The Morgan fingerprint density at radius 2 is 1.75 bits per heavy atom. The van der Waals surface area contributed by atoms with E-state index in [1.54, 1.807) is 13.2 Å². The maximum absolute atomic E-state index is 13.7. The van der Waals surface area contributed by atoms with Crippen molar-refractivity contribution in [3.8, 4) is 11.5 Å². The van der Waals surface area contributed by atoms with Crippen LogP contribution in [0.4, 0.5) is 4.39 Å². The SMILES string of the molecule is COc1ccc(COc2ccc([C@H](C)O)c(F)c2)cc1. The number of rotatable bonds is 5. The van der Waals surface area contributed by atoms with Gasteiger partial charge in [0.05, 0.1) is 13.2 Å². The van der Waals surface area contributed by atoms with Crippen molar-refractivity contribution < 1.29 is 19.0 Å². The van der Waals surface area contributed by atoms with E-state index in [1.165, 1.54) is 19.1 Å². The maximum atomic E-state index is 13.7. The standard InChI is InChI=1S/C16H17FO3/c1-11(18)15-8-7-14(9-16(15)17)20-10-12-3-5-13(19-2)6-4-12/h3-9,11,18H,10H2,1-2H3/t11-/m0/s1. The van der Waals surface area contributed by atoms with Gasteiger partial charge in [0.15, 0.2) is 0 Å². The van der Waals surface area contributed by atoms with Gasteiger partial charge in [-0.25, -0.2) is 4.39 Å². The van der Waals surface area contributed by atoms with Crippen molar-refractivity contribution >= 4 is 0 Å². The van der Waals surface area contributed by atoms with Gasteiger partial charge in [0.1, 0.15) is 23.9 Å². The third kappa shape index (κ3) is 3.48. The van der Waals surface area contributed by atoms with Gasteiger partial charge in [-0.15, -0.1) is 0 Å². The van der Waals surface area contributed by atoms with Gasteiger partial charge in [0.25, 0.3) is 0 Å². The zero-order valence-electron chi connectivity index (χ0n) is 11.5. The Bertz CT molecular complexity index is 564. The average molecular weight is 276 g/mol. The molecule has 0 saturated carbocycles. The number of hydrogen-bond acceptors (Lipinski definition) is 3. The number of ether oxygens (including phenoxy) is 2. The summed E-state index contributed by atoms with van der Waals surface area (Å²) in [5, 5.41) is 9.36. The molecule has 4 heteroatoms. The molecule has 20 heavy (non-hydrogen) atoms. The Morgan fingerprint density at radius 1 is 1.10 bits per heavy atom. The minimum atomic E-state index is -0.828. The van der Waals surface area contributed by atoms with Crippen LogP contribution in [0.5, 0.6) is 11.5 Å². The van der Waals surface area contributed by atoms with Gasteiger partial charge in [-0.2, -0.15) is 0 Å². The molecule has 0 fully saturated rings. The van der Waals surface area contributed by atoms with Gasteiger partial charge in [0.2, 0.25) is 0 Å². The second-order valence-electron chi connectivity index (χ2n) is 4.50. The predicted molar refractivity (Wildman–Crippen MR) is 74.4 cm³/mol. The Hall–Kier alpha value is -2.07. The van der Waals surface area contributed by atoms with Crippen LogP contribution in [0.25, 0.3) is 0 Å². The van der Waals surface area contributed by atoms with Gasteiger partial charge < -0.3 is 14.6 Å². The number of halogens is 1. The molecule has 3 nitrogen and oxygen atoms in total. The fourth-order valence-corrected chi connectivity index (χ4v) is 1.82. The topological polar surface area (TPSA) is 38.7 Å². The Kier molecular flexibility index (Phi) is 4.58. The van der Waals surface area contributed by atoms with Crippen LogP contribution in [-0.2, 0) is 6.61 Å². The molecule has 0 unspecified atom stereocenters. The first-order valence-electron chi connectivity index (χ1n) is 6.33. The fraction of sp³-hybridized carbons (Fsp3) is 0.250. The van der Waals surface area contributed by atoms with Gasteiger partial charge in [-0.3, -0.25) is 0 Å².